The van der Waals surface area contributed by atoms with Crippen LogP contribution in [0.25, 0.3) is 16.8 Å². The van der Waals surface area contributed by atoms with E-state index in [-0.39, 0.29) is 17.0 Å². The molecule has 1 saturated heterocycles. The van der Waals surface area contributed by atoms with Gasteiger partial charge in [0.15, 0.2) is 11.5 Å². The first-order valence-corrected chi connectivity index (χ1v) is 11.5. The highest BCUT2D eigenvalue weighted by atomic mass is 19.1. The predicted octanol–water partition coefficient (Wildman–Crippen LogP) is 4.22. The van der Waals surface area contributed by atoms with Crippen molar-refractivity contribution in [3.8, 4) is 11.1 Å². The monoisotopic (exact) mass is 478 g/mol. The van der Waals surface area contributed by atoms with Crippen molar-refractivity contribution in [1.82, 2.24) is 19.5 Å². The van der Waals surface area contributed by atoms with Crippen LogP contribution in [0.4, 0.5) is 15.8 Å². The van der Waals surface area contributed by atoms with E-state index in [2.05, 4.69) is 25.3 Å². The highest BCUT2D eigenvalue weighted by Crippen LogP contribution is 2.33. The predicted molar refractivity (Wildman–Crippen MR) is 129 cm³/mol. The van der Waals surface area contributed by atoms with Crippen LogP contribution >= 0.6 is 0 Å². The Balaban J connectivity index is 1.51. The Labute approximate surface area is 201 Å². The fourth-order valence-corrected chi connectivity index (χ4v) is 4.07. The normalized spacial score (nSPS) is 14.5. The van der Waals surface area contributed by atoms with Gasteiger partial charge >= 0.3 is 11.8 Å². The number of nitrogens with zero attached hydrogens (tertiary/aromatic N) is 5. The Bertz CT molecular complexity index is 1400. The summed E-state index contributed by atoms with van der Waals surface area (Å²) in [6.07, 6.45) is 5.58. The van der Waals surface area contributed by atoms with Gasteiger partial charge in [0.25, 0.3) is 0 Å². The maximum atomic E-state index is 14.9. The number of halogens is 1. The molecule has 0 saturated carbocycles. The first kappa shape index (κ1) is 23.0. The van der Waals surface area contributed by atoms with Crippen molar-refractivity contribution < 1.29 is 18.4 Å². The molecule has 0 atom stereocenters. The lowest BCUT2D eigenvalue weighted by Gasteiger charge is -2.29. The van der Waals surface area contributed by atoms with Crippen LogP contribution in [0.15, 0.2) is 41.3 Å². The second-order valence-corrected chi connectivity index (χ2v) is 9.65. The lowest BCUT2D eigenvalue weighted by atomic mass is 9.96. The number of carbonyl (C=O) groups is 1. The summed E-state index contributed by atoms with van der Waals surface area (Å²) in [5, 5.41) is 6.45. The first-order valence-electron chi connectivity index (χ1n) is 11.5. The van der Waals surface area contributed by atoms with Crippen LogP contribution in [0.3, 0.4) is 0 Å². The molecule has 0 spiro atoms. The molecule has 1 N–H and O–H groups in total. The molecule has 1 amide bonds. The number of carbonyl (C=O) groups excluding carboxylic acids is 1. The van der Waals surface area contributed by atoms with Crippen molar-refractivity contribution >= 4 is 22.9 Å². The number of aryl methyl sites for hydroxylation is 1. The molecule has 4 heterocycles. The van der Waals surface area contributed by atoms with E-state index in [0.717, 1.165) is 41.1 Å². The number of fused-ring (bicyclic) bond motifs is 1. The Kier molecular flexibility index (Phi) is 5.76. The standard InChI is InChI=1S/C25H27FN6O3/c1-15-11-18(26)19(28-22(33)23-29-24(30-35-23)25(2,3)4)13-17(15)16-12-20(31-7-9-34-10-8-31)21-27-5-6-32(21)14-16/h5-6,11-14H,7-10H2,1-4H3,(H,28,33). The van der Waals surface area contributed by atoms with E-state index in [4.69, 9.17) is 9.26 Å². The summed E-state index contributed by atoms with van der Waals surface area (Å²) < 4.78 is 27.4. The Morgan fingerprint density at radius 3 is 2.66 bits per heavy atom. The zero-order valence-corrected chi connectivity index (χ0v) is 20.1. The topological polar surface area (TPSA) is 97.8 Å². The molecule has 35 heavy (non-hydrogen) atoms. The zero-order chi connectivity index (χ0) is 24.7. The lowest BCUT2D eigenvalue weighted by Crippen LogP contribution is -2.36. The number of pyridine rings is 1. The lowest BCUT2D eigenvalue weighted by molar-refractivity contribution is 0.0981. The molecule has 1 aromatic carbocycles. The number of imidazole rings is 1. The smallest absolute Gasteiger partial charge is 0.316 e. The van der Waals surface area contributed by atoms with Gasteiger partial charge < -0.3 is 23.9 Å². The minimum Gasteiger partial charge on any atom is -0.378 e. The molecular formula is C25H27FN6O3. The summed E-state index contributed by atoms with van der Waals surface area (Å²) in [5.74, 6) is -1.03. The van der Waals surface area contributed by atoms with Crippen molar-refractivity contribution in [1.29, 1.82) is 0 Å². The molecule has 0 aliphatic carbocycles. The van der Waals surface area contributed by atoms with Crippen LogP contribution in [-0.2, 0) is 10.2 Å². The SMILES string of the molecule is Cc1cc(F)c(NC(=O)c2nc(C(C)(C)C)no2)cc1-c1cc(N2CCOCC2)c2nccn2c1. The van der Waals surface area contributed by atoms with Crippen molar-refractivity contribution in [3.63, 3.8) is 0 Å². The van der Waals surface area contributed by atoms with Gasteiger partial charge in [0.2, 0.25) is 0 Å². The van der Waals surface area contributed by atoms with Gasteiger partial charge in [-0.25, -0.2) is 9.37 Å². The Morgan fingerprint density at radius 2 is 1.94 bits per heavy atom. The molecule has 4 aromatic rings. The summed E-state index contributed by atoms with van der Waals surface area (Å²) in [7, 11) is 0. The largest absolute Gasteiger partial charge is 0.378 e. The zero-order valence-electron chi connectivity index (χ0n) is 20.1. The van der Waals surface area contributed by atoms with E-state index < -0.39 is 11.7 Å². The quantitative estimate of drug-likeness (QED) is 0.469. The number of nitrogens with one attached hydrogen (secondary N) is 1. The Hall–Kier alpha value is -3.79. The average Bonchev–Trinajstić information content (AvgIpc) is 3.50. The van der Waals surface area contributed by atoms with E-state index in [1.165, 1.54) is 6.07 Å². The molecule has 182 valence electrons. The highest BCUT2D eigenvalue weighted by Gasteiger charge is 2.25. The number of ether oxygens (including phenoxy) is 1. The van der Waals surface area contributed by atoms with Crippen LogP contribution in [0.5, 0.6) is 0 Å². The number of benzene rings is 1. The van der Waals surface area contributed by atoms with Crippen molar-refractivity contribution in [2.45, 2.75) is 33.1 Å². The number of anilines is 2. The molecule has 1 aliphatic heterocycles. The minimum atomic E-state index is -0.666. The fraction of sp³-hybridized carbons (Fsp3) is 0.360. The number of morpholine rings is 1. The van der Waals surface area contributed by atoms with Gasteiger partial charge in [0.05, 0.1) is 24.6 Å². The third-order valence-electron chi connectivity index (χ3n) is 5.98. The Morgan fingerprint density at radius 1 is 1.17 bits per heavy atom. The van der Waals surface area contributed by atoms with Crippen molar-refractivity contribution in [2.24, 2.45) is 0 Å². The van der Waals surface area contributed by atoms with Gasteiger partial charge in [0, 0.05) is 42.7 Å². The van der Waals surface area contributed by atoms with Crippen molar-refractivity contribution in [3.05, 3.63) is 59.9 Å². The van der Waals surface area contributed by atoms with Crippen LogP contribution in [0, 0.1) is 12.7 Å². The van der Waals surface area contributed by atoms with Gasteiger partial charge in [-0.05, 0) is 36.2 Å². The number of aromatic nitrogens is 4. The molecule has 10 heteroatoms. The molecule has 0 radical (unpaired) electrons. The molecule has 5 rings (SSSR count). The van der Waals surface area contributed by atoms with Gasteiger partial charge in [-0.15, -0.1) is 0 Å². The second kappa shape index (κ2) is 8.77. The summed E-state index contributed by atoms with van der Waals surface area (Å²) in [4.78, 5) is 23.6. The van der Waals surface area contributed by atoms with E-state index in [9.17, 15) is 9.18 Å². The number of hydrogen-bond donors (Lipinski definition) is 1. The molecule has 1 fully saturated rings. The molecule has 0 unspecified atom stereocenters. The minimum absolute atomic E-state index is 0.0322. The second-order valence-electron chi connectivity index (χ2n) is 9.65. The van der Waals surface area contributed by atoms with Crippen LogP contribution in [-0.4, -0.2) is 51.7 Å². The number of rotatable bonds is 4. The summed E-state index contributed by atoms with van der Waals surface area (Å²) in [6, 6.07) is 5.09. The van der Waals surface area contributed by atoms with Gasteiger partial charge in [-0.2, -0.15) is 4.98 Å². The number of hydrogen-bond acceptors (Lipinski definition) is 7. The highest BCUT2D eigenvalue weighted by molar-refractivity contribution is 6.01. The van der Waals surface area contributed by atoms with E-state index >= 15 is 0 Å². The summed E-state index contributed by atoms with van der Waals surface area (Å²) >= 11 is 0. The summed E-state index contributed by atoms with van der Waals surface area (Å²) in [5.41, 5.74) is 3.87. The van der Waals surface area contributed by atoms with E-state index in [0.29, 0.717) is 19.0 Å². The molecule has 3 aromatic heterocycles. The maximum absolute atomic E-state index is 14.9. The van der Waals surface area contributed by atoms with Crippen LogP contribution in [0.1, 0.15) is 42.8 Å². The van der Waals surface area contributed by atoms with E-state index in [1.54, 1.807) is 12.3 Å². The van der Waals surface area contributed by atoms with E-state index in [1.807, 2.05) is 50.6 Å². The molecule has 1 aliphatic rings. The van der Waals surface area contributed by atoms with Gasteiger partial charge in [-0.3, -0.25) is 4.79 Å². The third-order valence-corrected chi connectivity index (χ3v) is 5.98. The number of amides is 1. The van der Waals surface area contributed by atoms with Crippen LogP contribution < -0.4 is 10.2 Å². The van der Waals surface area contributed by atoms with Gasteiger partial charge in [-0.1, -0.05) is 25.9 Å². The van der Waals surface area contributed by atoms with Crippen molar-refractivity contribution in [2.75, 3.05) is 36.5 Å². The molecular weight excluding hydrogens is 451 g/mol. The van der Waals surface area contributed by atoms with Gasteiger partial charge in [0.1, 0.15) is 5.82 Å². The fourth-order valence-electron chi connectivity index (χ4n) is 4.07. The third kappa shape index (κ3) is 4.49. The molecule has 9 nitrogen and oxygen atoms in total. The molecule has 0 bridgehead atoms. The average molecular weight is 479 g/mol. The summed E-state index contributed by atoms with van der Waals surface area (Å²) in [6.45, 7) is 10.4. The maximum Gasteiger partial charge on any atom is 0.316 e. The first-order chi connectivity index (χ1) is 16.7. The van der Waals surface area contributed by atoms with Crippen LogP contribution in [0.2, 0.25) is 0 Å².